The summed E-state index contributed by atoms with van der Waals surface area (Å²) in [4.78, 5) is 8.25. The molecule has 0 fully saturated rings. The van der Waals surface area contributed by atoms with Gasteiger partial charge in [-0.2, -0.15) is 4.57 Å². The van der Waals surface area contributed by atoms with Gasteiger partial charge in [0.2, 0.25) is 5.52 Å². The van der Waals surface area contributed by atoms with Gasteiger partial charge in [-0.15, -0.1) is 0 Å². The van der Waals surface area contributed by atoms with E-state index in [0.717, 1.165) is 11.0 Å². The van der Waals surface area contributed by atoms with Crippen LogP contribution in [0.1, 0.15) is 240 Å². The molecule has 2 aromatic carbocycles. The Bertz CT molecular complexity index is 1700. The van der Waals surface area contributed by atoms with E-state index in [1.54, 1.807) is 0 Å². The van der Waals surface area contributed by atoms with Crippen molar-refractivity contribution in [1.29, 1.82) is 0 Å². The number of hydrogen-bond acceptors (Lipinski definition) is 2. The number of hydrogen-bond donors (Lipinski definition) is 2. The molecule has 3 aromatic rings. The van der Waals surface area contributed by atoms with Crippen molar-refractivity contribution in [2.45, 2.75) is 284 Å². The van der Waals surface area contributed by atoms with E-state index in [9.17, 15) is 0 Å². The first-order chi connectivity index (χ1) is 32.4. The number of fused-ring (bicyclic) bond motifs is 3. The van der Waals surface area contributed by atoms with E-state index in [1.807, 2.05) is 0 Å². The van der Waals surface area contributed by atoms with Crippen LogP contribution >= 0.6 is 0 Å². The number of nitrogens with one attached hydrogen (secondary N) is 2. The molecule has 4 nitrogen and oxygen atoms in total. The maximum absolute atomic E-state index is 4.14. The molecular weight excluding hydrogens is 1100 g/mol. The summed E-state index contributed by atoms with van der Waals surface area (Å²) in [7, 11) is -0.747. The van der Waals surface area contributed by atoms with Crippen LogP contribution in [0.5, 0.6) is 0 Å². The number of aromatic nitrogens is 1. The maximum atomic E-state index is 4.14. The van der Waals surface area contributed by atoms with Gasteiger partial charge in [0.1, 0.15) is 16.5 Å². The third-order valence-corrected chi connectivity index (χ3v) is 21.0. The first-order valence-corrected chi connectivity index (χ1v) is 36.2. The van der Waals surface area contributed by atoms with E-state index >= 15 is 0 Å². The van der Waals surface area contributed by atoms with Crippen LogP contribution in [0.15, 0.2) is 42.6 Å². The summed E-state index contributed by atoms with van der Waals surface area (Å²) in [5, 5.41) is 4.14. The average molecular weight is 1210 g/mol. The summed E-state index contributed by atoms with van der Waals surface area (Å²) in [6, 6.07) is 17.3. The van der Waals surface area contributed by atoms with Crippen molar-refractivity contribution in [3.63, 3.8) is 0 Å². The highest BCUT2D eigenvalue weighted by Gasteiger charge is 2.24. The summed E-state index contributed by atoms with van der Waals surface area (Å²) in [6.07, 6.45) is 49.6. The highest BCUT2D eigenvalue weighted by molar-refractivity contribution is 6.80. The zero-order chi connectivity index (χ0) is 48.5. The van der Waals surface area contributed by atoms with Gasteiger partial charge in [0.15, 0.2) is 12.7 Å². The van der Waals surface area contributed by atoms with Crippen molar-refractivity contribution in [2.24, 2.45) is 0 Å². The maximum Gasteiger partial charge on any atom is 0.215 e. The molecule has 0 radical (unpaired) electrons. The topological polar surface area (TPSA) is 27.9 Å². The fraction of sp³-hybridized carbons (Fsp3) is 0.787. The molecule has 0 aliphatic heterocycles. The molecule has 69 heavy (non-hydrogen) atoms. The highest BCUT2D eigenvalue weighted by Crippen LogP contribution is 2.30. The minimum absolute atomic E-state index is 0. The van der Waals surface area contributed by atoms with Gasteiger partial charge in [-0.05, 0) is 50.2 Å². The minimum atomic E-state index is -1.60. The van der Waals surface area contributed by atoms with Crippen LogP contribution in [0.2, 0.25) is 38.3 Å². The number of nitrogens with zero attached hydrogens (tertiary/aromatic N) is 2. The molecular formula is C61H114I2N4Si2. The van der Waals surface area contributed by atoms with Crippen molar-refractivity contribution < 1.29 is 57.0 Å². The highest BCUT2D eigenvalue weighted by atomic mass is 127. The number of unbranched alkanes of at least 4 members (excludes halogenated alkanes) is 30. The summed E-state index contributed by atoms with van der Waals surface area (Å²) in [6.45, 7) is 24.2. The zero-order valence-electron chi connectivity index (χ0n) is 47.3. The number of benzene rings is 2. The molecule has 3 rings (SSSR count). The Morgan fingerprint density at radius 1 is 0.420 bits per heavy atom. The Hall–Kier alpha value is -0.436. The van der Waals surface area contributed by atoms with Gasteiger partial charge >= 0.3 is 0 Å². The van der Waals surface area contributed by atoms with Crippen molar-refractivity contribution in [3.8, 4) is 0 Å². The van der Waals surface area contributed by atoms with Gasteiger partial charge in [-0.3, -0.25) is 0 Å². The second-order valence-corrected chi connectivity index (χ2v) is 32.3. The van der Waals surface area contributed by atoms with Crippen molar-refractivity contribution in [1.82, 2.24) is 0 Å². The quantitative estimate of drug-likeness (QED) is 0.0147. The number of quaternary nitrogens is 1. The van der Waals surface area contributed by atoms with E-state index in [2.05, 4.69) is 118 Å². The van der Waals surface area contributed by atoms with E-state index < -0.39 is 16.5 Å². The summed E-state index contributed by atoms with van der Waals surface area (Å²) >= 11 is 0. The molecule has 8 heteroatoms. The Kier molecular flexibility index (Phi) is 38.5. The molecule has 1 aromatic heterocycles. The van der Waals surface area contributed by atoms with Crippen molar-refractivity contribution >= 4 is 49.5 Å². The Balaban J connectivity index is 0.0000119. The fourth-order valence-electron chi connectivity index (χ4n) is 10.8. The predicted molar refractivity (Wildman–Crippen MR) is 309 cm³/mol. The molecule has 0 aliphatic carbocycles. The molecule has 0 unspecified atom stereocenters. The Morgan fingerprint density at radius 2 is 0.754 bits per heavy atom. The lowest BCUT2D eigenvalue weighted by Crippen LogP contribution is -3.00. The SMILES string of the molecule is CCCCCCCCCCCCCCCCCC[Si](C)(C)Nc1ccc2c(c1)c[n+](CCC[N+](C)(CC)CC)c1cc(N[Si](C)(C)CCCCCCCCCCCCCCCCCC)ccc21.[I-].[I-]. The molecule has 1 heterocycles. The van der Waals surface area contributed by atoms with E-state index in [4.69, 9.17) is 0 Å². The summed E-state index contributed by atoms with van der Waals surface area (Å²) in [5.41, 5.74) is 4.01. The number of aryl methyl sites for hydroxylation is 1. The van der Waals surface area contributed by atoms with Crippen molar-refractivity contribution in [2.75, 3.05) is 36.6 Å². The average Bonchev–Trinajstić information content (AvgIpc) is 3.30. The predicted octanol–water partition coefficient (Wildman–Crippen LogP) is 13.9. The molecule has 2 N–H and O–H groups in total. The number of anilines is 2. The standard InChI is InChI=1S/C61H113N4Si2.2HI/c1-10-14-16-18-20-22-24-26-28-30-32-34-36-38-40-42-51-66(6,7)62-57-45-47-59-56(53-57)55-64(49-44-50-65(5,12-3)13-4)61-54-58(46-48-60(59)61)63-67(8,9)52-43-41-39-37-35-33-31-29-27-25-23-21-19-17-15-11-2;;/h45-48,53-55,62H,10-44,49-52H2,1-9H3;2*1H/q+1;;/p-1. The number of rotatable bonds is 44. The van der Waals surface area contributed by atoms with Crippen molar-refractivity contribution in [3.05, 3.63) is 42.6 Å². The minimum Gasteiger partial charge on any atom is -1.00 e. The van der Waals surface area contributed by atoms with Crippen LogP contribution in [-0.2, 0) is 6.54 Å². The molecule has 0 aliphatic rings. The smallest absolute Gasteiger partial charge is 0.215 e. The molecule has 0 saturated heterocycles. The van der Waals surface area contributed by atoms with E-state index in [1.165, 1.54) is 277 Å². The monoisotopic (exact) mass is 1210 g/mol. The van der Waals surface area contributed by atoms with Gasteiger partial charge in [-0.25, -0.2) is 0 Å². The molecule has 0 saturated carbocycles. The lowest BCUT2D eigenvalue weighted by Gasteiger charge is -2.31. The van der Waals surface area contributed by atoms with Crippen LogP contribution in [0.25, 0.3) is 21.7 Å². The van der Waals surface area contributed by atoms with Crippen LogP contribution in [0.3, 0.4) is 0 Å². The first kappa shape index (κ1) is 66.6. The van der Waals surface area contributed by atoms with Gasteiger partial charge in [-0.1, -0.05) is 252 Å². The van der Waals surface area contributed by atoms with Gasteiger partial charge in [0.25, 0.3) is 0 Å². The summed E-state index contributed by atoms with van der Waals surface area (Å²) < 4.78 is 3.75. The van der Waals surface area contributed by atoms with Crippen LogP contribution in [0.4, 0.5) is 11.4 Å². The Morgan fingerprint density at radius 3 is 1.12 bits per heavy atom. The summed E-state index contributed by atoms with van der Waals surface area (Å²) in [5.74, 6) is 0. The lowest BCUT2D eigenvalue weighted by molar-refractivity contribution is -0.908. The van der Waals surface area contributed by atoms with E-state index in [0.29, 0.717) is 0 Å². The van der Waals surface area contributed by atoms with E-state index in [-0.39, 0.29) is 48.0 Å². The van der Waals surface area contributed by atoms with Crippen LogP contribution < -0.4 is 62.5 Å². The second kappa shape index (κ2) is 40.0. The van der Waals surface area contributed by atoms with Gasteiger partial charge in [0, 0.05) is 28.2 Å². The lowest BCUT2D eigenvalue weighted by atomic mass is 10.0. The normalized spacial score (nSPS) is 12.1. The van der Waals surface area contributed by atoms with Crippen LogP contribution in [0, 0.1) is 0 Å². The largest absolute Gasteiger partial charge is 1.00 e. The fourth-order valence-corrected chi connectivity index (χ4v) is 15.2. The molecule has 0 amide bonds. The van der Waals surface area contributed by atoms with Gasteiger partial charge in [0.05, 0.1) is 38.5 Å². The number of pyridine rings is 1. The molecule has 400 valence electrons. The van der Waals surface area contributed by atoms with Crippen LogP contribution in [-0.4, -0.2) is 47.6 Å². The second-order valence-electron chi connectivity index (χ2n) is 23.3. The Labute approximate surface area is 466 Å². The number of halogens is 2. The third kappa shape index (κ3) is 29.9. The third-order valence-electron chi connectivity index (χ3n) is 15.8. The molecule has 0 bridgehead atoms. The molecule has 0 atom stereocenters. The molecule has 0 spiro atoms. The first-order valence-electron chi connectivity index (χ1n) is 29.7. The zero-order valence-corrected chi connectivity index (χ0v) is 53.6. The van der Waals surface area contributed by atoms with Gasteiger partial charge < -0.3 is 62.4 Å².